The summed E-state index contributed by atoms with van der Waals surface area (Å²) in [4.78, 5) is 13.0. The highest BCUT2D eigenvalue weighted by Gasteiger charge is 2.24. The van der Waals surface area contributed by atoms with Crippen LogP contribution in [0.4, 0.5) is 5.69 Å². The molecule has 3 aliphatic rings. The van der Waals surface area contributed by atoms with E-state index in [1.54, 1.807) is 0 Å². The summed E-state index contributed by atoms with van der Waals surface area (Å²) >= 11 is 0. The van der Waals surface area contributed by atoms with E-state index in [4.69, 9.17) is 9.53 Å². The van der Waals surface area contributed by atoms with Crippen molar-refractivity contribution in [3.8, 4) is 11.8 Å². The fourth-order valence-electron chi connectivity index (χ4n) is 5.71. The molecule has 2 saturated heterocycles. The average molecular weight is 535 g/mol. The molecule has 3 heterocycles. The maximum Gasteiger partial charge on any atom is 0.106 e. The van der Waals surface area contributed by atoms with E-state index in [0.29, 0.717) is 12.0 Å². The van der Waals surface area contributed by atoms with E-state index in [9.17, 15) is 0 Å². The monoisotopic (exact) mass is 534 g/mol. The van der Waals surface area contributed by atoms with Gasteiger partial charge in [-0.25, -0.2) is 0 Å². The highest BCUT2D eigenvalue weighted by atomic mass is 16.5. The summed E-state index contributed by atoms with van der Waals surface area (Å²) in [7, 11) is 3.71. The first-order valence-corrected chi connectivity index (χ1v) is 14.2. The van der Waals surface area contributed by atoms with Crippen LogP contribution in [0.15, 0.2) is 47.3 Å². The molecule has 214 valence electrons. The normalized spacial score (nSPS) is 18.4. The van der Waals surface area contributed by atoms with Crippen LogP contribution in [0.2, 0.25) is 0 Å². The van der Waals surface area contributed by atoms with E-state index in [0.717, 1.165) is 69.1 Å². The molecule has 0 spiro atoms. The first-order chi connectivity index (χ1) is 18.9. The van der Waals surface area contributed by atoms with E-state index in [-0.39, 0.29) is 0 Å². The topological polar surface area (TPSA) is 70.8 Å². The zero-order valence-corrected chi connectivity index (χ0v) is 25.2. The van der Waals surface area contributed by atoms with Crippen LogP contribution >= 0.6 is 0 Å². The number of nitrogens with two attached hydrogens (primary N) is 1. The van der Waals surface area contributed by atoms with Crippen LogP contribution in [-0.4, -0.2) is 64.7 Å². The molecule has 0 bridgehead atoms. The Hall–Kier alpha value is -2.85. The second kappa shape index (κ2) is 16.3. The average Bonchev–Trinajstić information content (AvgIpc) is 2.95. The number of allylic oxidation sites excluding steroid dienone is 4. The van der Waals surface area contributed by atoms with Crippen LogP contribution in [0.3, 0.4) is 0 Å². The van der Waals surface area contributed by atoms with Crippen LogP contribution in [0.5, 0.6) is 0 Å². The number of hydrogen-bond donors (Lipinski definition) is 2. The number of nitrogens with zero attached hydrogens (tertiary/aromatic N) is 2. The minimum absolute atomic E-state index is 0.498. The van der Waals surface area contributed by atoms with E-state index in [1.807, 2.05) is 6.79 Å². The number of dihydropyridines is 1. The van der Waals surface area contributed by atoms with Crippen molar-refractivity contribution >= 4 is 12.5 Å². The van der Waals surface area contributed by atoms with Crippen LogP contribution in [-0.2, 0) is 16.0 Å². The van der Waals surface area contributed by atoms with Crippen molar-refractivity contribution in [3.63, 3.8) is 0 Å². The van der Waals surface area contributed by atoms with E-state index in [2.05, 4.69) is 92.2 Å². The third-order valence-electron chi connectivity index (χ3n) is 7.90. The van der Waals surface area contributed by atoms with Crippen molar-refractivity contribution in [1.29, 1.82) is 0 Å². The molecule has 1 aromatic carbocycles. The number of carbonyl (C=O) groups excluding carboxylic acids is 1. The molecule has 0 aromatic heterocycles. The zero-order chi connectivity index (χ0) is 28.9. The molecule has 3 aliphatic heterocycles. The minimum Gasteiger partial charge on any atom is -0.381 e. The van der Waals surface area contributed by atoms with E-state index in [1.165, 1.54) is 47.8 Å². The lowest BCUT2D eigenvalue weighted by atomic mass is 9.90. The molecular weight excluding hydrogens is 484 g/mol. The summed E-state index contributed by atoms with van der Waals surface area (Å²) in [6.45, 7) is 20.2. The van der Waals surface area contributed by atoms with Gasteiger partial charge in [-0.15, -0.1) is 0 Å². The lowest BCUT2D eigenvalue weighted by Gasteiger charge is -2.37. The lowest BCUT2D eigenvalue weighted by molar-refractivity contribution is -0.0980. The minimum atomic E-state index is 0.498. The molecular formula is C33H50N4O2. The Balaban J connectivity index is 0.00000127. The molecule has 0 unspecified atom stereocenters. The number of likely N-dealkylation sites (tertiary alicyclic amines) is 1. The van der Waals surface area contributed by atoms with Gasteiger partial charge in [0, 0.05) is 60.8 Å². The molecule has 6 heteroatoms. The standard InChI is InChI=1S/C31H43N3O.CH5N.CH2O/c1-7-34(29-12-16-35-17-13-29)31-20-27(9-8-26-10-14-33(6)15-11-26)19-28(24(31)4)21-30-22(2)18-23(3)32-25(30)5;2*1-2/h18-20,26,29,32H,5,7,10-17,21H2,1-4,6H3;2H2,1H3;1H2. The zero-order valence-electron chi connectivity index (χ0n) is 25.2. The Kier molecular flexibility index (Phi) is 13.5. The quantitative estimate of drug-likeness (QED) is 0.520. The number of rotatable bonds is 5. The number of ether oxygens (including phenoxy) is 1. The van der Waals surface area contributed by atoms with Gasteiger partial charge in [-0.2, -0.15) is 0 Å². The summed E-state index contributed by atoms with van der Waals surface area (Å²) in [5.74, 6) is 7.73. The fraction of sp³-hybridized carbons (Fsp3) is 0.545. The van der Waals surface area contributed by atoms with E-state index < -0.39 is 0 Å². The van der Waals surface area contributed by atoms with Gasteiger partial charge in [0.05, 0.1) is 0 Å². The first kappa shape index (κ1) is 32.4. The second-order valence-electron chi connectivity index (χ2n) is 10.5. The van der Waals surface area contributed by atoms with Gasteiger partial charge in [0.25, 0.3) is 0 Å². The summed E-state index contributed by atoms with van der Waals surface area (Å²) < 4.78 is 5.67. The third-order valence-corrected chi connectivity index (χ3v) is 7.90. The number of piperidine rings is 1. The van der Waals surface area contributed by atoms with Gasteiger partial charge >= 0.3 is 0 Å². The van der Waals surface area contributed by atoms with Gasteiger partial charge in [0.15, 0.2) is 0 Å². The molecule has 0 saturated carbocycles. The molecule has 2 fully saturated rings. The van der Waals surface area contributed by atoms with Gasteiger partial charge in [-0.1, -0.05) is 18.4 Å². The number of hydrogen-bond acceptors (Lipinski definition) is 6. The van der Waals surface area contributed by atoms with Crippen molar-refractivity contribution in [3.05, 3.63) is 64.0 Å². The predicted molar refractivity (Wildman–Crippen MR) is 165 cm³/mol. The molecule has 0 atom stereocenters. The van der Waals surface area contributed by atoms with Gasteiger partial charge in [0.1, 0.15) is 6.79 Å². The van der Waals surface area contributed by atoms with Crippen molar-refractivity contribution < 1.29 is 9.53 Å². The summed E-state index contributed by atoms with van der Waals surface area (Å²) in [5, 5.41) is 3.44. The molecule has 0 aliphatic carbocycles. The molecule has 39 heavy (non-hydrogen) atoms. The SMILES string of the molecule is C=C1NC(C)=CC(C)=C1Cc1cc(C#CC2CCN(C)CC2)cc(N(CC)C2CCOCC2)c1C.C=O.CN. The Morgan fingerprint density at radius 3 is 2.33 bits per heavy atom. The van der Waals surface area contributed by atoms with Crippen LogP contribution < -0.4 is 16.0 Å². The van der Waals surface area contributed by atoms with Gasteiger partial charge in [-0.3, -0.25) is 0 Å². The Bertz CT molecular complexity index is 1080. The van der Waals surface area contributed by atoms with E-state index >= 15 is 0 Å². The number of anilines is 1. The summed E-state index contributed by atoms with van der Waals surface area (Å²) in [5.41, 5.74) is 14.5. The van der Waals surface area contributed by atoms with Crippen molar-refractivity contribution in [1.82, 2.24) is 10.2 Å². The van der Waals surface area contributed by atoms with Gasteiger partial charge in [0.2, 0.25) is 0 Å². The van der Waals surface area contributed by atoms with Crippen LogP contribution in [0.1, 0.15) is 63.1 Å². The van der Waals surface area contributed by atoms with Crippen molar-refractivity contribution in [2.24, 2.45) is 11.7 Å². The van der Waals surface area contributed by atoms with Crippen LogP contribution in [0, 0.1) is 24.7 Å². The maximum atomic E-state index is 8.00. The largest absolute Gasteiger partial charge is 0.381 e. The molecule has 6 nitrogen and oxygen atoms in total. The molecule has 3 N–H and O–H groups in total. The molecule has 0 amide bonds. The summed E-state index contributed by atoms with van der Waals surface area (Å²) in [6.07, 6.45) is 7.61. The van der Waals surface area contributed by atoms with Crippen LogP contribution in [0.25, 0.3) is 0 Å². The molecule has 4 rings (SSSR count). The number of nitrogens with one attached hydrogen (secondary N) is 1. The molecule has 0 radical (unpaired) electrons. The smallest absolute Gasteiger partial charge is 0.106 e. The van der Waals surface area contributed by atoms with Crippen molar-refractivity contribution in [2.45, 2.75) is 65.8 Å². The Labute approximate surface area is 237 Å². The molecule has 1 aromatic rings. The second-order valence-corrected chi connectivity index (χ2v) is 10.5. The van der Waals surface area contributed by atoms with Gasteiger partial charge < -0.3 is 30.4 Å². The maximum absolute atomic E-state index is 8.00. The fourth-order valence-corrected chi connectivity index (χ4v) is 5.71. The number of carbonyl (C=O) groups is 1. The summed E-state index contributed by atoms with van der Waals surface area (Å²) in [6, 6.07) is 5.20. The first-order valence-electron chi connectivity index (χ1n) is 14.2. The Morgan fingerprint density at radius 2 is 1.74 bits per heavy atom. The Morgan fingerprint density at radius 1 is 1.10 bits per heavy atom. The lowest BCUT2D eigenvalue weighted by Crippen LogP contribution is -2.40. The van der Waals surface area contributed by atoms with Gasteiger partial charge in [-0.05, 0) is 121 Å². The number of benzene rings is 1. The van der Waals surface area contributed by atoms with Crippen molar-refractivity contribution in [2.75, 3.05) is 51.8 Å². The predicted octanol–water partition coefficient (Wildman–Crippen LogP) is 4.96. The third kappa shape index (κ3) is 8.83. The highest BCUT2D eigenvalue weighted by molar-refractivity contribution is 5.63. The highest BCUT2D eigenvalue weighted by Crippen LogP contribution is 2.33.